The van der Waals surface area contributed by atoms with Gasteiger partial charge in [0.2, 0.25) is 0 Å². The van der Waals surface area contributed by atoms with Crippen LogP contribution in [0.15, 0.2) is 36.4 Å². The van der Waals surface area contributed by atoms with Crippen molar-refractivity contribution in [1.82, 2.24) is 4.98 Å². The number of nitrogens with two attached hydrogens (primary N) is 1. The number of nitrogens with zero attached hydrogens (tertiary/aromatic N) is 1. The molecule has 0 unspecified atom stereocenters. The maximum absolute atomic E-state index is 14.0. The molecule has 22 heavy (non-hydrogen) atoms. The molecule has 3 aromatic rings. The van der Waals surface area contributed by atoms with Crippen LogP contribution in [0, 0.1) is 17.8 Å². The van der Waals surface area contributed by atoms with Gasteiger partial charge in [-0.1, -0.05) is 23.7 Å². The van der Waals surface area contributed by atoms with Gasteiger partial charge in [0.25, 0.3) is 5.91 Å². The predicted octanol–water partition coefficient (Wildman–Crippen LogP) is 3.73. The minimum absolute atomic E-state index is 0.0259. The quantitative estimate of drug-likeness (QED) is 0.783. The fourth-order valence-electron chi connectivity index (χ4n) is 2.28. The minimum Gasteiger partial charge on any atom is -0.364 e. The first-order chi connectivity index (χ1) is 10.5. The molecule has 2 aromatic carbocycles. The molecule has 0 aliphatic heterocycles. The summed E-state index contributed by atoms with van der Waals surface area (Å²) >= 11 is 5.93. The fourth-order valence-corrected chi connectivity index (χ4v) is 2.58. The number of halogens is 3. The number of primary amides is 1. The molecule has 2 N–H and O–H groups in total. The molecule has 3 nitrogen and oxygen atoms in total. The Morgan fingerprint density at radius 2 is 2.00 bits per heavy atom. The zero-order chi connectivity index (χ0) is 15.9. The van der Waals surface area contributed by atoms with E-state index in [2.05, 4.69) is 11.2 Å². The molecule has 0 atom stereocenters. The standard InChI is InChI=1S/C16H8ClF2N2O/c17-12-6-10(18)7-13(19)14(12)9-2-1-8-3-4-21-15(16(20)22)11(8)5-9/h1-3,5-7H,(H2,20,22). The van der Waals surface area contributed by atoms with Gasteiger partial charge in [0.1, 0.15) is 17.3 Å². The van der Waals surface area contributed by atoms with Crippen LogP contribution < -0.4 is 5.73 Å². The number of benzene rings is 2. The predicted molar refractivity (Wildman–Crippen MR) is 79.5 cm³/mol. The summed E-state index contributed by atoms with van der Waals surface area (Å²) in [4.78, 5) is 15.2. The number of amides is 1. The van der Waals surface area contributed by atoms with Gasteiger partial charge in [-0.15, -0.1) is 0 Å². The van der Waals surface area contributed by atoms with Crippen LogP contribution in [0.25, 0.3) is 21.9 Å². The molecule has 0 fully saturated rings. The second-order valence-electron chi connectivity index (χ2n) is 4.64. The van der Waals surface area contributed by atoms with Gasteiger partial charge >= 0.3 is 0 Å². The number of aromatic nitrogens is 1. The molecule has 0 saturated carbocycles. The third kappa shape index (κ3) is 2.40. The third-order valence-electron chi connectivity index (χ3n) is 3.23. The number of hydrogen-bond acceptors (Lipinski definition) is 2. The molecule has 6 heteroatoms. The van der Waals surface area contributed by atoms with Crippen LogP contribution in [0.4, 0.5) is 8.78 Å². The molecule has 1 aromatic heterocycles. The number of fused-ring (bicyclic) bond motifs is 1. The van der Waals surface area contributed by atoms with E-state index in [1.54, 1.807) is 24.3 Å². The molecule has 3 rings (SSSR count). The molecular weight excluding hydrogens is 310 g/mol. The number of hydrogen-bond donors (Lipinski definition) is 1. The smallest absolute Gasteiger partial charge is 0.267 e. The molecule has 109 valence electrons. The lowest BCUT2D eigenvalue weighted by atomic mass is 10.00. The van der Waals surface area contributed by atoms with Gasteiger partial charge in [0, 0.05) is 17.0 Å². The maximum Gasteiger partial charge on any atom is 0.267 e. The van der Waals surface area contributed by atoms with E-state index < -0.39 is 17.5 Å². The number of carbonyl (C=O) groups excluding carboxylic acids is 1. The van der Waals surface area contributed by atoms with E-state index in [0.717, 1.165) is 12.1 Å². The van der Waals surface area contributed by atoms with Crippen molar-refractivity contribution in [2.45, 2.75) is 0 Å². The largest absolute Gasteiger partial charge is 0.364 e. The average Bonchev–Trinajstić information content (AvgIpc) is 2.45. The molecule has 0 spiro atoms. The normalized spacial score (nSPS) is 10.9. The van der Waals surface area contributed by atoms with Crippen LogP contribution in [0.3, 0.4) is 0 Å². The minimum atomic E-state index is -0.791. The highest BCUT2D eigenvalue weighted by molar-refractivity contribution is 6.33. The van der Waals surface area contributed by atoms with Crippen LogP contribution in [0.2, 0.25) is 5.02 Å². The Morgan fingerprint density at radius 3 is 2.68 bits per heavy atom. The van der Waals surface area contributed by atoms with Gasteiger partial charge < -0.3 is 5.73 Å². The Bertz CT molecular complexity index is 889. The second kappa shape index (κ2) is 5.35. The van der Waals surface area contributed by atoms with Gasteiger partial charge in [-0.25, -0.2) is 13.8 Å². The Morgan fingerprint density at radius 1 is 1.23 bits per heavy atom. The van der Waals surface area contributed by atoms with Crippen LogP contribution in [0.5, 0.6) is 0 Å². The summed E-state index contributed by atoms with van der Waals surface area (Å²) in [6, 6.07) is 8.16. The summed E-state index contributed by atoms with van der Waals surface area (Å²) in [5, 5.41) is 1.06. The van der Waals surface area contributed by atoms with Crippen molar-refractivity contribution in [1.29, 1.82) is 0 Å². The van der Waals surface area contributed by atoms with Crippen LogP contribution in [-0.4, -0.2) is 10.9 Å². The summed E-state index contributed by atoms with van der Waals surface area (Å²) in [6.07, 6.45) is 2.57. The fraction of sp³-hybridized carbons (Fsp3) is 0. The highest BCUT2D eigenvalue weighted by Gasteiger charge is 2.15. The zero-order valence-corrected chi connectivity index (χ0v) is 11.8. The maximum atomic E-state index is 14.0. The molecule has 1 amide bonds. The molecule has 1 radical (unpaired) electrons. The van der Waals surface area contributed by atoms with Crippen molar-refractivity contribution in [3.05, 3.63) is 64.9 Å². The molecule has 0 aliphatic carbocycles. The van der Waals surface area contributed by atoms with E-state index in [1.165, 1.54) is 0 Å². The Kier molecular flexibility index (Phi) is 3.50. The molecule has 0 saturated heterocycles. The van der Waals surface area contributed by atoms with Crippen molar-refractivity contribution >= 4 is 28.3 Å². The van der Waals surface area contributed by atoms with Crippen LogP contribution in [-0.2, 0) is 0 Å². The summed E-state index contributed by atoms with van der Waals surface area (Å²) in [5.41, 5.74) is 5.75. The number of carbonyl (C=O) groups is 1. The van der Waals surface area contributed by atoms with Gasteiger partial charge in [-0.2, -0.15) is 0 Å². The summed E-state index contributed by atoms with van der Waals surface area (Å²) in [5.74, 6) is -2.27. The van der Waals surface area contributed by atoms with Gasteiger partial charge in [0.05, 0.1) is 11.2 Å². The molecule has 0 bridgehead atoms. The highest BCUT2D eigenvalue weighted by Crippen LogP contribution is 2.33. The lowest BCUT2D eigenvalue weighted by Crippen LogP contribution is -2.13. The lowest BCUT2D eigenvalue weighted by molar-refractivity contribution is 0.0997. The highest BCUT2D eigenvalue weighted by atomic mass is 35.5. The Balaban J connectivity index is 2.30. The second-order valence-corrected chi connectivity index (χ2v) is 5.05. The van der Waals surface area contributed by atoms with Gasteiger partial charge in [0.15, 0.2) is 0 Å². The van der Waals surface area contributed by atoms with E-state index in [4.69, 9.17) is 17.3 Å². The van der Waals surface area contributed by atoms with Gasteiger partial charge in [-0.05, 0) is 29.1 Å². The number of rotatable bonds is 2. The average molecular weight is 318 g/mol. The lowest BCUT2D eigenvalue weighted by Gasteiger charge is -2.09. The Hall–Kier alpha value is -2.53. The summed E-state index contributed by atoms with van der Waals surface area (Å²) in [7, 11) is 0. The first-order valence-electron chi connectivity index (χ1n) is 6.23. The van der Waals surface area contributed by atoms with Crippen molar-refractivity contribution in [2.24, 2.45) is 5.73 Å². The molecule has 1 heterocycles. The Labute approximate surface area is 129 Å². The monoisotopic (exact) mass is 317 g/mol. The number of pyridine rings is 1. The SMILES string of the molecule is NC(=O)c1n[c]cc2ccc(-c3c(F)cc(F)cc3Cl)cc12. The van der Waals surface area contributed by atoms with E-state index in [1.807, 2.05) is 0 Å². The van der Waals surface area contributed by atoms with E-state index in [9.17, 15) is 13.6 Å². The summed E-state index contributed by atoms with van der Waals surface area (Å²) in [6.45, 7) is 0. The van der Waals surface area contributed by atoms with Crippen molar-refractivity contribution < 1.29 is 13.6 Å². The van der Waals surface area contributed by atoms with E-state index >= 15 is 0 Å². The van der Waals surface area contributed by atoms with Crippen LogP contribution >= 0.6 is 11.6 Å². The van der Waals surface area contributed by atoms with Gasteiger partial charge in [-0.3, -0.25) is 4.79 Å². The third-order valence-corrected chi connectivity index (χ3v) is 3.53. The van der Waals surface area contributed by atoms with E-state index in [-0.39, 0.29) is 16.3 Å². The molecular formula is C16H8ClF2N2O. The van der Waals surface area contributed by atoms with Crippen molar-refractivity contribution in [2.75, 3.05) is 0 Å². The zero-order valence-electron chi connectivity index (χ0n) is 11.0. The van der Waals surface area contributed by atoms with E-state index in [0.29, 0.717) is 16.3 Å². The van der Waals surface area contributed by atoms with Crippen LogP contribution in [0.1, 0.15) is 10.5 Å². The van der Waals surface area contributed by atoms with Crippen molar-refractivity contribution in [3.8, 4) is 11.1 Å². The molecule has 0 aliphatic rings. The summed E-state index contributed by atoms with van der Waals surface area (Å²) < 4.78 is 27.2. The first-order valence-corrected chi connectivity index (χ1v) is 6.61. The van der Waals surface area contributed by atoms with Crippen molar-refractivity contribution in [3.63, 3.8) is 0 Å². The first kappa shape index (κ1) is 14.4. The topological polar surface area (TPSA) is 56.0 Å².